The van der Waals surface area contributed by atoms with E-state index in [9.17, 15) is 10.1 Å². The van der Waals surface area contributed by atoms with E-state index in [2.05, 4.69) is 31.9 Å². The lowest BCUT2D eigenvalue weighted by Crippen LogP contribution is -2.15. The van der Waals surface area contributed by atoms with Crippen molar-refractivity contribution in [2.24, 2.45) is 13.0 Å². The van der Waals surface area contributed by atoms with Crippen LogP contribution in [0.2, 0.25) is 5.02 Å². The van der Waals surface area contributed by atoms with Gasteiger partial charge in [0, 0.05) is 7.05 Å². The zero-order valence-electron chi connectivity index (χ0n) is 18.5. The molecule has 1 heterocycles. The number of aromatic nitrogens is 2. The minimum atomic E-state index is -0.394. The highest BCUT2D eigenvalue weighted by Crippen LogP contribution is 2.34. The summed E-state index contributed by atoms with van der Waals surface area (Å²) in [6.45, 7) is 11.3. The smallest absolute Gasteiger partial charge is 0.311 e. The molecule has 0 unspecified atom stereocenters. The summed E-state index contributed by atoms with van der Waals surface area (Å²) in [5, 5.41) is 14.6. The highest BCUT2D eigenvalue weighted by atomic mass is 35.5. The van der Waals surface area contributed by atoms with E-state index in [1.54, 1.807) is 32.5 Å². The summed E-state index contributed by atoms with van der Waals surface area (Å²) in [4.78, 5) is 11.8. The molecule has 0 aliphatic heterocycles. The quantitative estimate of drug-likeness (QED) is 0.271. The van der Waals surface area contributed by atoms with Gasteiger partial charge in [0.15, 0.2) is 5.76 Å². The van der Waals surface area contributed by atoms with Crippen molar-refractivity contribution in [3.63, 3.8) is 0 Å². The van der Waals surface area contributed by atoms with Crippen LogP contribution in [0.15, 0.2) is 24.3 Å². The number of benzene rings is 1. The third-order valence-corrected chi connectivity index (χ3v) is 5.07. The Balaban J connectivity index is 2.55. The predicted molar refractivity (Wildman–Crippen MR) is 117 cm³/mol. The Morgan fingerprint density at radius 1 is 1.23 bits per heavy atom. The fourth-order valence-corrected chi connectivity index (χ4v) is 3.08. The van der Waals surface area contributed by atoms with Gasteiger partial charge in [0.25, 0.3) is 0 Å². The standard InChI is InChI=1S/C23H28ClN3O3/c1-14(2)22(28)30-13-29-21(20-19(24)15(3)26-27(20)7)18(12-25)16-8-10-17(11-9-16)23(4,5)6/h8-11,14H,13H2,1-7H3/b21-18-. The number of allylic oxidation sites excluding steroid dienone is 1. The first kappa shape index (κ1) is 23.5. The van der Waals surface area contributed by atoms with Crippen LogP contribution in [0.1, 0.15) is 57.1 Å². The fourth-order valence-electron chi connectivity index (χ4n) is 2.83. The predicted octanol–water partition coefficient (Wildman–Crippen LogP) is 5.24. The Morgan fingerprint density at radius 2 is 1.83 bits per heavy atom. The maximum absolute atomic E-state index is 11.8. The number of aryl methyl sites for hydroxylation is 2. The third kappa shape index (κ3) is 5.22. The van der Waals surface area contributed by atoms with Gasteiger partial charge in [-0.1, -0.05) is 70.5 Å². The van der Waals surface area contributed by atoms with Crippen molar-refractivity contribution in [1.29, 1.82) is 5.26 Å². The van der Waals surface area contributed by atoms with Crippen molar-refractivity contribution >= 4 is 28.9 Å². The summed E-state index contributed by atoms with van der Waals surface area (Å²) in [7, 11) is 1.72. The number of rotatable bonds is 6. The summed E-state index contributed by atoms with van der Waals surface area (Å²) < 4.78 is 12.5. The minimum Gasteiger partial charge on any atom is -0.454 e. The van der Waals surface area contributed by atoms with Crippen LogP contribution in [-0.2, 0) is 26.7 Å². The van der Waals surface area contributed by atoms with E-state index >= 15 is 0 Å². The van der Waals surface area contributed by atoms with E-state index in [-0.39, 0.29) is 29.5 Å². The highest BCUT2D eigenvalue weighted by molar-refractivity contribution is 6.33. The number of carbonyl (C=O) groups is 1. The maximum atomic E-state index is 11.8. The van der Waals surface area contributed by atoms with Crippen LogP contribution in [0, 0.1) is 24.2 Å². The lowest BCUT2D eigenvalue weighted by atomic mass is 9.86. The Hall–Kier alpha value is -2.78. The number of hydrogen-bond acceptors (Lipinski definition) is 5. The van der Waals surface area contributed by atoms with Crippen LogP contribution in [0.5, 0.6) is 0 Å². The highest BCUT2D eigenvalue weighted by Gasteiger charge is 2.23. The molecule has 30 heavy (non-hydrogen) atoms. The second-order valence-corrected chi connectivity index (χ2v) is 8.77. The van der Waals surface area contributed by atoms with Crippen molar-refractivity contribution in [1.82, 2.24) is 9.78 Å². The van der Waals surface area contributed by atoms with Gasteiger partial charge in [-0.3, -0.25) is 9.48 Å². The molecule has 7 heteroatoms. The Morgan fingerprint density at radius 3 is 2.27 bits per heavy atom. The molecule has 0 saturated heterocycles. The number of halogens is 1. The van der Waals surface area contributed by atoms with Crippen LogP contribution in [0.25, 0.3) is 11.3 Å². The van der Waals surface area contributed by atoms with Gasteiger partial charge in [0.1, 0.15) is 17.3 Å². The Bertz CT molecular complexity index is 990. The summed E-state index contributed by atoms with van der Waals surface area (Å²) >= 11 is 6.46. The van der Waals surface area contributed by atoms with Crippen LogP contribution < -0.4 is 0 Å². The summed E-state index contributed by atoms with van der Waals surface area (Å²) in [5.41, 5.74) is 3.14. The number of nitrogens with zero attached hydrogens (tertiary/aromatic N) is 3. The molecule has 2 aromatic rings. The molecule has 0 aliphatic carbocycles. The lowest BCUT2D eigenvalue weighted by molar-refractivity contribution is -0.155. The molecule has 0 bridgehead atoms. The second kappa shape index (κ2) is 9.36. The number of hydrogen-bond donors (Lipinski definition) is 0. The molecule has 160 valence electrons. The number of ether oxygens (including phenoxy) is 2. The molecule has 1 aromatic carbocycles. The van der Waals surface area contributed by atoms with E-state index in [0.29, 0.717) is 22.0 Å². The molecular weight excluding hydrogens is 402 g/mol. The Labute approximate surface area is 183 Å². The first-order chi connectivity index (χ1) is 14.0. The number of nitriles is 1. The zero-order chi connectivity index (χ0) is 22.6. The van der Waals surface area contributed by atoms with Gasteiger partial charge in [-0.25, -0.2) is 0 Å². The molecule has 0 aliphatic rings. The monoisotopic (exact) mass is 429 g/mol. The molecule has 0 atom stereocenters. The van der Waals surface area contributed by atoms with Crippen LogP contribution >= 0.6 is 11.6 Å². The zero-order valence-corrected chi connectivity index (χ0v) is 19.3. The van der Waals surface area contributed by atoms with E-state index < -0.39 is 5.97 Å². The van der Waals surface area contributed by atoms with Gasteiger partial charge < -0.3 is 9.47 Å². The molecular formula is C23H28ClN3O3. The van der Waals surface area contributed by atoms with Gasteiger partial charge in [-0.2, -0.15) is 10.4 Å². The van der Waals surface area contributed by atoms with Gasteiger partial charge in [0.05, 0.1) is 16.6 Å². The van der Waals surface area contributed by atoms with Crippen molar-refractivity contribution in [3.05, 3.63) is 51.8 Å². The molecule has 0 saturated carbocycles. The molecule has 0 amide bonds. The average molecular weight is 430 g/mol. The maximum Gasteiger partial charge on any atom is 0.311 e. The van der Waals surface area contributed by atoms with Crippen molar-refractivity contribution in [2.45, 2.75) is 47.0 Å². The van der Waals surface area contributed by atoms with E-state index in [1.807, 2.05) is 24.3 Å². The summed E-state index contributed by atoms with van der Waals surface area (Å²) in [6, 6.07) is 9.93. The van der Waals surface area contributed by atoms with Crippen LogP contribution in [-0.4, -0.2) is 22.5 Å². The van der Waals surface area contributed by atoms with Crippen LogP contribution in [0.3, 0.4) is 0 Å². The number of esters is 1. The summed E-state index contributed by atoms with van der Waals surface area (Å²) in [5.74, 6) is -0.468. The van der Waals surface area contributed by atoms with Gasteiger partial charge in [0.2, 0.25) is 6.79 Å². The largest absolute Gasteiger partial charge is 0.454 e. The van der Waals surface area contributed by atoms with E-state index in [0.717, 1.165) is 5.56 Å². The SMILES string of the molecule is Cc1nn(C)c(/C(OCOC(=O)C(C)C)=C(\C#N)c2ccc(C(C)(C)C)cc2)c1Cl. The fraction of sp³-hybridized carbons (Fsp3) is 0.435. The molecule has 2 rings (SSSR count). The average Bonchev–Trinajstić information content (AvgIpc) is 2.92. The third-order valence-electron chi connectivity index (χ3n) is 4.62. The molecule has 0 radical (unpaired) electrons. The first-order valence-electron chi connectivity index (χ1n) is 9.71. The van der Waals surface area contributed by atoms with Crippen LogP contribution in [0.4, 0.5) is 0 Å². The topological polar surface area (TPSA) is 77.1 Å². The minimum absolute atomic E-state index is 0.0120. The molecule has 6 nitrogen and oxygen atoms in total. The lowest BCUT2D eigenvalue weighted by Gasteiger charge is -2.19. The van der Waals surface area contributed by atoms with E-state index in [1.165, 1.54) is 0 Å². The van der Waals surface area contributed by atoms with Crippen molar-refractivity contribution in [3.8, 4) is 6.07 Å². The normalized spacial score (nSPS) is 12.4. The van der Waals surface area contributed by atoms with Gasteiger partial charge >= 0.3 is 5.97 Å². The van der Waals surface area contributed by atoms with Gasteiger partial charge in [-0.05, 0) is 23.5 Å². The summed E-state index contributed by atoms with van der Waals surface area (Å²) in [6.07, 6.45) is 0. The molecule has 0 fully saturated rings. The van der Waals surface area contributed by atoms with Crippen molar-refractivity contribution in [2.75, 3.05) is 6.79 Å². The Kier molecular flexibility index (Phi) is 7.33. The van der Waals surface area contributed by atoms with E-state index in [4.69, 9.17) is 21.1 Å². The first-order valence-corrected chi connectivity index (χ1v) is 10.1. The van der Waals surface area contributed by atoms with Gasteiger partial charge in [-0.15, -0.1) is 0 Å². The molecule has 0 spiro atoms. The number of carbonyl (C=O) groups excluding carboxylic acids is 1. The second-order valence-electron chi connectivity index (χ2n) is 8.40. The van der Waals surface area contributed by atoms with Crippen molar-refractivity contribution < 1.29 is 14.3 Å². The molecule has 0 N–H and O–H groups in total. The molecule has 1 aromatic heterocycles.